The first-order valence-electron chi connectivity index (χ1n) is 9.53. The Morgan fingerprint density at radius 2 is 1.35 bits per heavy atom. The maximum atomic E-state index is 8.38. The van der Waals surface area contributed by atoms with Gasteiger partial charge < -0.3 is 15.2 Å². The lowest BCUT2D eigenvalue weighted by molar-refractivity contribution is 0.256. The van der Waals surface area contributed by atoms with E-state index in [2.05, 4.69) is 37.5 Å². The topological polar surface area (TPSA) is 42.7 Å². The van der Waals surface area contributed by atoms with Gasteiger partial charge in [-0.05, 0) is 43.9 Å². The van der Waals surface area contributed by atoms with Gasteiger partial charge in [-0.15, -0.1) is 0 Å². The summed E-state index contributed by atoms with van der Waals surface area (Å²) in [6, 6.07) is 0. The van der Waals surface area contributed by atoms with Gasteiger partial charge in [0.2, 0.25) is 0 Å². The van der Waals surface area contributed by atoms with Gasteiger partial charge in [0, 0.05) is 37.8 Å². The zero-order valence-electron chi connectivity index (χ0n) is 15.7. The molecule has 0 radical (unpaired) electrons. The summed E-state index contributed by atoms with van der Waals surface area (Å²) in [6.07, 6.45) is 7.88. The summed E-state index contributed by atoms with van der Waals surface area (Å²) in [4.78, 5) is 10.0. The second-order valence-electron chi connectivity index (χ2n) is 8.30. The molecule has 0 bridgehead atoms. The fourth-order valence-electron chi connectivity index (χ4n) is 3.64. The Morgan fingerprint density at radius 3 is 1.74 bits per heavy atom. The Bertz CT molecular complexity index is 390. The summed E-state index contributed by atoms with van der Waals surface area (Å²) in [7, 11) is 0. The van der Waals surface area contributed by atoms with Crippen LogP contribution < -0.4 is 0 Å². The first-order valence-corrected chi connectivity index (χ1v) is 9.53. The first kappa shape index (κ1) is 18.3. The summed E-state index contributed by atoms with van der Waals surface area (Å²) < 4.78 is 0. The first-order chi connectivity index (χ1) is 10.9. The molecule has 2 rings (SSSR count). The Hall–Kier alpha value is -1.06. The van der Waals surface area contributed by atoms with E-state index in [0.717, 1.165) is 38.4 Å². The molecule has 23 heavy (non-hydrogen) atoms. The van der Waals surface area contributed by atoms with Gasteiger partial charge in [0.05, 0.1) is 6.54 Å². The molecule has 0 aliphatic carbocycles. The number of piperidine rings is 2. The molecule has 1 unspecified atom stereocenters. The second-order valence-corrected chi connectivity index (χ2v) is 8.30. The predicted molar refractivity (Wildman–Crippen MR) is 99.5 cm³/mol. The molecule has 0 aromatic rings. The van der Waals surface area contributed by atoms with Gasteiger partial charge in [-0.25, -0.2) is 0 Å². The number of nitrogens with zero attached hydrogens (tertiary/aromatic N) is 3. The largest absolute Gasteiger partial charge is 0.343 e. The average Bonchev–Trinajstić information content (AvgIpc) is 2.55. The molecule has 0 aromatic carbocycles. The third kappa shape index (κ3) is 5.22. The minimum absolute atomic E-state index is 0.0502. The van der Waals surface area contributed by atoms with Crippen molar-refractivity contribution in [1.29, 1.82) is 5.41 Å². The molecular formula is C19H36N4. The third-order valence-electron chi connectivity index (χ3n) is 5.09. The fraction of sp³-hybridized carbons (Fsp3) is 0.895. The maximum Gasteiger partial charge on any atom is 0.196 e. The SMILES string of the molecule is CC(CN=C(N1CCCCC1)N1CCCCC1)C(=N)C(C)(C)C. The van der Waals surface area contributed by atoms with Gasteiger partial charge in [-0.1, -0.05) is 27.7 Å². The maximum absolute atomic E-state index is 8.38. The van der Waals surface area contributed by atoms with Gasteiger partial charge in [-0.2, -0.15) is 0 Å². The lowest BCUT2D eigenvalue weighted by Gasteiger charge is -2.38. The highest BCUT2D eigenvalue weighted by Crippen LogP contribution is 2.21. The van der Waals surface area contributed by atoms with Crippen LogP contribution in [0, 0.1) is 16.7 Å². The molecule has 2 aliphatic rings. The highest BCUT2D eigenvalue weighted by atomic mass is 15.4. The van der Waals surface area contributed by atoms with Crippen molar-refractivity contribution in [3.05, 3.63) is 0 Å². The van der Waals surface area contributed by atoms with E-state index < -0.39 is 0 Å². The van der Waals surface area contributed by atoms with Gasteiger partial charge in [-0.3, -0.25) is 4.99 Å². The lowest BCUT2D eigenvalue weighted by atomic mass is 9.83. The lowest BCUT2D eigenvalue weighted by Crippen LogP contribution is -2.48. The Kier molecular flexibility index (Phi) is 6.49. The summed E-state index contributed by atoms with van der Waals surface area (Å²) in [5, 5.41) is 8.38. The summed E-state index contributed by atoms with van der Waals surface area (Å²) in [5.74, 6) is 1.44. The van der Waals surface area contributed by atoms with Crippen LogP contribution in [0.1, 0.15) is 66.2 Å². The van der Waals surface area contributed by atoms with E-state index in [1.54, 1.807) is 0 Å². The van der Waals surface area contributed by atoms with Crippen LogP contribution in [0.4, 0.5) is 0 Å². The van der Waals surface area contributed by atoms with Gasteiger partial charge in [0.25, 0.3) is 0 Å². The fourth-order valence-corrected chi connectivity index (χ4v) is 3.64. The van der Waals surface area contributed by atoms with Crippen LogP contribution in [0.3, 0.4) is 0 Å². The molecule has 2 heterocycles. The highest BCUT2D eigenvalue weighted by Gasteiger charge is 2.25. The Labute approximate surface area is 142 Å². The minimum atomic E-state index is -0.0502. The van der Waals surface area contributed by atoms with E-state index in [4.69, 9.17) is 10.4 Å². The van der Waals surface area contributed by atoms with Crippen molar-refractivity contribution in [2.45, 2.75) is 66.2 Å². The van der Waals surface area contributed by atoms with E-state index in [-0.39, 0.29) is 11.3 Å². The summed E-state index contributed by atoms with van der Waals surface area (Å²) in [6.45, 7) is 13.9. The number of hydrogen-bond acceptors (Lipinski definition) is 2. The number of likely N-dealkylation sites (tertiary alicyclic amines) is 2. The quantitative estimate of drug-likeness (QED) is 0.630. The van der Waals surface area contributed by atoms with Crippen LogP contribution >= 0.6 is 0 Å². The normalized spacial score (nSPS) is 21.0. The smallest absolute Gasteiger partial charge is 0.196 e. The van der Waals surface area contributed by atoms with Gasteiger partial charge >= 0.3 is 0 Å². The molecule has 2 fully saturated rings. The van der Waals surface area contributed by atoms with E-state index in [1.807, 2.05) is 0 Å². The van der Waals surface area contributed by atoms with Crippen molar-refractivity contribution in [2.75, 3.05) is 32.7 Å². The zero-order valence-corrected chi connectivity index (χ0v) is 15.7. The van der Waals surface area contributed by atoms with Crippen molar-refractivity contribution < 1.29 is 0 Å². The number of rotatable bonds is 3. The van der Waals surface area contributed by atoms with Crippen LogP contribution in [0.5, 0.6) is 0 Å². The number of guanidine groups is 1. The molecule has 0 amide bonds. The molecule has 1 N–H and O–H groups in total. The van der Waals surface area contributed by atoms with Crippen LogP contribution in [-0.2, 0) is 0 Å². The van der Waals surface area contributed by atoms with Crippen molar-refractivity contribution in [1.82, 2.24) is 9.80 Å². The molecule has 2 aliphatic heterocycles. The molecule has 0 aromatic heterocycles. The molecule has 4 heteroatoms. The van der Waals surface area contributed by atoms with Gasteiger partial charge in [0.1, 0.15) is 0 Å². The van der Waals surface area contributed by atoms with E-state index in [9.17, 15) is 0 Å². The zero-order chi connectivity index (χ0) is 16.9. The van der Waals surface area contributed by atoms with Crippen molar-refractivity contribution >= 4 is 11.7 Å². The van der Waals surface area contributed by atoms with Crippen LogP contribution in [-0.4, -0.2) is 54.2 Å². The van der Waals surface area contributed by atoms with Crippen LogP contribution in [0.15, 0.2) is 4.99 Å². The summed E-state index contributed by atoms with van der Waals surface area (Å²) in [5.41, 5.74) is 0.767. The van der Waals surface area contributed by atoms with Crippen molar-refractivity contribution in [2.24, 2.45) is 16.3 Å². The van der Waals surface area contributed by atoms with Crippen LogP contribution in [0.2, 0.25) is 0 Å². The number of nitrogens with one attached hydrogen (secondary N) is 1. The molecule has 1 atom stereocenters. The molecule has 0 saturated carbocycles. The van der Waals surface area contributed by atoms with E-state index >= 15 is 0 Å². The third-order valence-corrected chi connectivity index (χ3v) is 5.09. The van der Waals surface area contributed by atoms with Gasteiger partial charge in [0.15, 0.2) is 5.96 Å². The van der Waals surface area contributed by atoms with E-state index in [1.165, 1.54) is 44.5 Å². The molecule has 4 nitrogen and oxygen atoms in total. The van der Waals surface area contributed by atoms with E-state index in [0.29, 0.717) is 0 Å². The Balaban J connectivity index is 2.07. The molecule has 132 valence electrons. The molecule has 2 saturated heterocycles. The summed E-state index contributed by atoms with van der Waals surface area (Å²) >= 11 is 0. The molecular weight excluding hydrogens is 284 g/mol. The minimum Gasteiger partial charge on any atom is -0.343 e. The van der Waals surface area contributed by atoms with Crippen LogP contribution in [0.25, 0.3) is 0 Å². The Morgan fingerprint density at radius 1 is 0.913 bits per heavy atom. The molecule has 0 spiro atoms. The average molecular weight is 321 g/mol. The monoisotopic (exact) mass is 320 g/mol. The predicted octanol–water partition coefficient (Wildman–Crippen LogP) is 4.02. The second kappa shape index (κ2) is 8.16. The number of hydrogen-bond donors (Lipinski definition) is 1. The highest BCUT2D eigenvalue weighted by molar-refractivity contribution is 5.89. The van der Waals surface area contributed by atoms with Crippen molar-refractivity contribution in [3.63, 3.8) is 0 Å². The standard InChI is InChI=1S/C19H36N4/c1-16(17(20)19(2,3)4)15-21-18(22-11-7-5-8-12-22)23-13-9-6-10-14-23/h16,20H,5-15H2,1-4H3. The number of aliphatic imine (C=N–C) groups is 1. The van der Waals surface area contributed by atoms with Crippen molar-refractivity contribution in [3.8, 4) is 0 Å².